The average molecular weight is 212 g/mol. The molecule has 15 heavy (non-hydrogen) atoms. The number of aromatic nitrogens is 3. The second-order valence-electron chi connectivity index (χ2n) is 3.70. The Hall–Kier alpha value is -1.30. The van der Waals surface area contributed by atoms with Crippen molar-refractivity contribution in [2.24, 2.45) is 0 Å². The number of aliphatic hydroxyl groups excluding tert-OH is 1. The van der Waals surface area contributed by atoms with Crippen molar-refractivity contribution in [3.63, 3.8) is 0 Å². The summed E-state index contributed by atoms with van der Waals surface area (Å²) in [7, 11) is 0. The Balaban J connectivity index is 2.19. The van der Waals surface area contributed by atoms with E-state index in [1.165, 1.54) is 0 Å². The molecule has 6 nitrogen and oxygen atoms in total. The van der Waals surface area contributed by atoms with Gasteiger partial charge in [0.2, 0.25) is 5.95 Å². The number of rotatable bonds is 3. The van der Waals surface area contributed by atoms with E-state index in [1.54, 1.807) is 4.68 Å². The van der Waals surface area contributed by atoms with Gasteiger partial charge in [-0.3, -0.25) is 0 Å². The number of nitrogens with zero attached hydrogens (tertiary/aromatic N) is 3. The van der Waals surface area contributed by atoms with Crippen LogP contribution in [0.1, 0.15) is 32.2 Å². The molecule has 6 heteroatoms. The van der Waals surface area contributed by atoms with E-state index in [1.807, 2.05) is 6.92 Å². The van der Waals surface area contributed by atoms with Gasteiger partial charge in [0, 0.05) is 0 Å². The van der Waals surface area contributed by atoms with Gasteiger partial charge in [-0.1, -0.05) is 0 Å². The second kappa shape index (κ2) is 4.06. The average Bonchev–Trinajstić information content (AvgIpc) is 2.73. The lowest BCUT2D eigenvalue weighted by molar-refractivity contribution is 0.130. The number of nitrogens with two attached hydrogens (primary N) is 1. The van der Waals surface area contributed by atoms with Crippen LogP contribution in [0.15, 0.2) is 0 Å². The largest absolute Gasteiger partial charge is 0.463 e. The van der Waals surface area contributed by atoms with E-state index < -0.39 is 0 Å². The van der Waals surface area contributed by atoms with Gasteiger partial charge in [-0.2, -0.15) is 4.98 Å². The fourth-order valence-corrected chi connectivity index (χ4v) is 1.96. The molecule has 1 aliphatic carbocycles. The van der Waals surface area contributed by atoms with Crippen molar-refractivity contribution in [2.75, 3.05) is 12.3 Å². The minimum atomic E-state index is -0.372. The zero-order valence-corrected chi connectivity index (χ0v) is 8.76. The maximum Gasteiger partial charge on any atom is 0.337 e. The van der Waals surface area contributed by atoms with Gasteiger partial charge in [0.1, 0.15) is 0 Å². The number of hydrogen-bond donors (Lipinski definition) is 2. The molecule has 0 saturated heterocycles. The molecule has 0 spiro atoms. The first-order valence-corrected chi connectivity index (χ1v) is 5.25. The van der Waals surface area contributed by atoms with Crippen molar-refractivity contribution >= 4 is 5.95 Å². The molecular formula is C9H16N4O2. The molecule has 1 aliphatic rings. The van der Waals surface area contributed by atoms with Crippen LogP contribution < -0.4 is 10.5 Å². The molecule has 1 aromatic heterocycles. The minimum absolute atomic E-state index is 0.0493. The van der Waals surface area contributed by atoms with Crippen LogP contribution in [0.2, 0.25) is 0 Å². The summed E-state index contributed by atoms with van der Waals surface area (Å²) in [5, 5.41) is 13.9. The molecule has 1 aromatic rings. The van der Waals surface area contributed by atoms with Crippen LogP contribution in [0.4, 0.5) is 5.95 Å². The van der Waals surface area contributed by atoms with Gasteiger partial charge >= 0.3 is 6.01 Å². The van der Waals surface area contributed by atoms with Crippen LogP contribution in [-0.2, 0) is 0 Å². The normalized spacial score (nSPS) is 25.7. The number of ether oxygens (including phenoxy) is 1. The third-order valence-electron chi connectivity index (χ3n) is 2.67. The lowest BCUT2D eigenvalue weighted by atomic mass is 10.2. The predicted octanol–water partition coefficient (Wildman–Crippen LogP) is 0.345. The molecule has 1 heterocycles. The zero-order valence-electron chi connectivity index (χ0n) is 8.76. The molecule has 2 atom stereocenters. The Morgan fingerprint density at radius 1 is 1.60 bits per heavy atom. The van der Waals surface area contributed by atoms with Crippen molar-refractivity contribution < 1.29 is 9.84 Å². The second-order valence-corrected chi connectivity index (χ2v) is 3.70. The topological polar surface area (TPSA) is 86.2 Å². The molecule has 0 aliphatic heterocycles. The van der Waals surface area contributed by atoms with Crippen molar-refractivity contribution in [2.45, 2.75) is 38.3 Å². The molecule has 1 fully saturated rings. The highest BCUT2D eigenvalue weighted by molar-refractivity contribution is 5.20. The maximum atomic E-state index is 9.72. The Bertz CT molecular complexity index is 339. The highest BCUT2D eigenvalue weighted by atomic mass is 16.5. The van der Waals surface area contributed by atoms with Crippen molar-refractivity contribution in [3.8, 4) is 6.01 Å². The van der Waals surface area contributed by atoms with Gasteiger partial charge in [-0.05, 0) is 26.2 Å². The number of anilines is 1. The fourth-order valence-electron chi connectivity index (χ4n) is 1.96. The Morgan fingerprint density at radius 3 is 3.00 bits per heavy atom. The summed E-state index contributed by atoms with van der Waals surface area (Å²) in [4.78, 5) is 3.98. The lowest BCUT2D eigenvalue weighted by Gasteiger charge is -2.14. The first-order valence-electron chi connectivity index (χ1n) is 5.25. The minimum Gasteiger partial charge on any atom is -0.463 e. The highest BCUT2D eigenvalue weighted by Crippen LogP contribution is 2.31. The number of hydrogen-bond acceptors (Lipinski definition) is 5. The van der Waals surface area contributed by atoms with Crippen LogP contribution in [0.25, 0.3) is 0 Å². The first kappa shape index (κ1) is 10.2. The van der Waals surface area contributed by atoms with Crippen molar-refractivity contribution in [1.82, 2.24) is 14.8 Å². The van der Waals surface area contributed by atoms with E-state index in [-0.39, 0.29) is 18.2 Å². The van der Waals surface area contributed by atoms with Gasteiger partial charge in [-0.15, -0.1) is 5.10 Å². The molecule has 0 radical (unpaired) electrons. The smallest absolute Gasteiger partial charge is 0.337 e. The molecule has 3 N–H and O–H groups in total. The Kier molecular flexibility index (Phi) is 2.77. The molecule has 0 bridgehead atoms. The van der Waals surface area contributed by atoms with Crippen molar-refractivity contribution in [3.05, 3.63) is 0 Å². The molecular weight excluding hydrogens is 196 g/mol. The Morgan fingerprint density at radius 2 is 2.40 bits per heavy atom. The van der Waals surface area contributed by atoms with E-state index in [4.69, 9.17) is 10.5 Å². The summed E-state index contributed by atoms with van der Waals surface area (Å²) in [6.07, 6.45) is 2.31. The maximum absolute atomic E-state index is 9.72. The lowest BCUT2D eigenvalue weighted by Crippen LogP contribution is -2.21. The van der Waals surface area contributed by atoms with E-state index in [9.17, 15) is 5.11 Å². The molecule has 1 saturated carbocycles. The summed E-state index contributed by atoms with van der Waals surface area (Å²) < 4.78 is 6.73. The monoisotopic (exact) mass is 212 g/mol. The van der Waals surface area contributed by atoms with Crippen LogP contribution in [0, 0.1) is 0 Å². The van der Waals surface area contributed by atoms with Gasteiger partial charge < -0.3 is 15.6 Å². The summed E-state index contributed by atoms with van der Waals surface area (Å²) in [6, 6.07) is 0.237. The van der Waals surface area contributed by atoms with Crippen molar-refractivity contribution in [1.29, 1.82) is 0 Å². The van der Waals surface area contributed by atoms with E-state index in [0.717, 1.165) is 19.3 Å². The van der Waals surface area contributed by atoms with Crippen LogP contribution in [0.3, 0.4) is 0 Å². The first-order chi connectivity index (χ1) is 7.22. The van der Waals surface area contributed by atoms with Gasteiger partial charge in [0.15, 0.2) is 0 Å². The number of aliphatic hydroxyl groups is 1. The quantitative estimate of drug-likeness (QED) is 0.754. The molecule has 2 unspecified atom stereocenters. The SMILES string of the molecule is CCOc1nc(N)n(C2CCCC2O)n1. The van der Waals surface area contributed by atoms with Gasteiger partial charge in [0.05, 0.1) is 18.8 Å². The van der Waals surface area contributed by atoms with Crippen LogP contribution >= 0.6 is 0 Å². The van der Waals surface area contributed by atoms with E-state index >= 15 is 0 Å². The summed E-state index contributed by atoms with van der Waals surface area (Å²) in [5.41, 5.74) is 5.71. The fraction of sp³-hybridized carbons (Fsp3) is 0.778. The highest BCUT2D eigenvalue weighted by Gasteiger charge is 2.29. The van der Waals surface area contributed by atoms with Gasteiger partial charge in [-0.25, -0.2) is 4.68 Å². The summed E-state index contributed by atoms with van der Waals surface area (Å²) in [5.74, 6) is 0.310. The Labute approximate surface area is 88.1 Å². The third kappa shape index (κ3) is 1.90. The molecule has 2 rings (SSSR count). The molecule has 0 amide bonds. The van der Waals surface area contributed by atoms with E-state index in [2.05, 4.69) is 10.1 Å². The zero-order chi connectivity index (χ0) is 10.8. The summed E-state index contributed by atoms with van der Waals surface area (Å²) in [6.45, 7) is 2.37. The molecule has 84 valence electrons. The van der Waals surface area contributed by atoms with Crippen LogP contribution in [-0.4, -0.2) is 32.6 Å². The predicted molar refractivity (Wildman–Crippen MR) is 54.5 cm³/mol. The standard InChI is InChI=1S/C9H16N4O2/c1-2-15-9-11-8(10)13(12-9)6-4-3-5-7(6)14/h6-7,14H,2-5H2,1H3,(H2,10,11,12). The van der Waals surface area contributed by atoms with Crippen LogP contribution in [0.5, 0.6) is 6.01 Å². The third-order valence-corrected chi connectivity index (χ3v) is 2.67. The van der Waals surface area contributed by atoms with Gasteiger partial charge in [0.25, 0.3) is 0 Å². The molecule has 0 aromatic carbocycles. The van der Waals surface area contributed by atoms with E-state index in [0.29, 0.717) is 12.6 Å². The summed E-state index contributed by atoms with van der Waals surface area (Å²) >= 11 is 0. The number of nitrogen functional groups attached to an aromatic ring is 1.